The molecule has 1 aromatic heterocycles. The van der Waals surface area contributed by atoms with Gasteiger partial charge in [-0.15, -0.1) is 0 Å². The molecule has 0 unspecified atom stereocenters. The molecule has 1 aromatic rings. The largest absolute Gasteiger partial charge is 0.356 e. The van der Waals surface area contributed by atoms with Gasteiger partial charge < -0.3 is 4.90 Å². The van der Waals surface area contributed by atoms with Gasteiger partial charge in [0.25, 0.3) is 0 Å². The monoisotopic (exact) mass is 237 g/mol. The zero-order valence-electron chi connectivity index (χ0n) is 9.49. The maximum Gasteiger partial charge on any atom is 0.134 e. The van der Waals surface area contributed by atoms with E-state index in [0.29, 0.717) is 5.15 Å². The average Bonchev–Trinajstić information content (AvgIpc) is 2.74. The second-order valence-electron chi connectivity index (χ2n) is 4.95. The second-order valence-corrected chi connectivity index (χ2v) is 5.34. The topological polar surface area (TPSA) is 29.0 Å². The Hall–Kier alpha value is -0.830. The Kier molecular flexibility index (Phi) is 2.51. The van der Waals surface area contributed by atoms with Crippen LogP contribution in [0.5, 0.6) is 0 Å². The fourth-order valence-corrected chi connectivity index (χ4v) is 3.32. The van der Waals surface area contributed by atoms with Gasteiger partial charge in [0.1, 0.15) is 16.8 Å². The predicted molar refractivity (Wildman–Crippen MR) is 64.8 cm³/mol. The quantitative estimate of drug-likeness (QED) is 0.704. The first-order valence-corrected chi connectivity index (χ1v) is 6.36. The van der Waals surface area contributed by atoms with Crippen molar-refractivity contribution in [1.82, 2.24) is 9.97 Å². The summed E-state index contributed by atoms with van der Waals surface area (Å²) in [6, 6.07) is 1.88. The van der Waals surface area contributed by atoms with Gasteiger partial charge in [-0.05, 0) is 31.6 Å². The summed E-state index contributed by atoms with van der Waals surface area (Å²) in [5, 5.41) is 0.555. The predicted octanol–water partition coefficient (Wildman–Crippen LogP) is 2.67. The van der Waals surface area contributed by atoms with Gasteiger partial charge in [-0.1, -0.05) is 18.0 Å². The van der Waals surface area contributed by atoms with Gasteiger partial charge in [0.15, 0.2) is 0 Å². The van der Waals surface area contributed by atoms with E-state index in [9.17, 15) is 0 Å². The lowest BCUT2D eigenvalue weighted by Crippen LogP contribution is -2.22. The third-order valence-electron chi connectivity index (χ3n) is 3.84. The molecule has 86 valence electrons. The van der Waals surface area contributed by atoms with E-state index in [1.807, 2.05) is 13.0 Å². The van der Waals surface area contributed by atoms with Gasteiger partial charge in [0.05, 0.1) is 0 Å². The maximum atomic E-state index is 5.97. The molecule has 1 aliphatic heterocycles. The molecule has 1 aliphatic carbocycles. The molecule has 2 fully saturated rings. The molecule has 1 saturated heterocycles. The first-order chi connectivity index (χ1) is 7.72. The summed E-state index contributed by atoms with van der Waals surface area (Å²) < 4.78 is 0. The normalized spacial score (nSPS) is 28.5. The lowest BCUT2D eigenvalue weighted by atomic mass is 10.0. The molecule has 0 amide bonds. The Bertz CT molecular complexity index is 375. The highest BCUT2D eigenvalue weighted by Crippen LogP contribution is 2.39. The maximum absolute atomic E-state index is 5.97. The van der Waals surface area contributed by atoms with Gasteiger partial charge in [0.2, 0.25) is 0 Å². The van der Waals surface area contributed by atoms with Gasteiger partial charge in [-0.3, -0.25) is 0 Å². The summed E-state index contributed by atoms with van der Waals surface area (Å²) >= 11 is 5.97. The Labute approximate surface area is 101 Å². The molecule has 2 heterocycles. The Morgan fingerprint density at radius 1 is 1.25 bits per heavy atom. The van der Waals surface area contributed by atoms with Crippen molar-refractivity contribution in [3.63, 3.8) is 0 Å². The van der Waals surface area contributed by atoms with Crippen molar-refractivity contribution in [2.24, 2.45) is 11.8 Å². The Morgan fingerprint density at radius 2 is 1.94 bits per heavy atom. The number of nitrogens with zero attached hydrogens (tertiary/aromatic N) is 3. The number of hydrogen-bond acceptors (Lipinski definition) is 3. The van der Waals surface area contributed by atoms with E-state index < -0.39 is 0 Å². The summed E-state index contributed by atoms with van der Waals surface area (Å²) in [7, 11) is 0. The lowest BCUT2D eigenvalue weighted by molar-refractivity contribution is 0.494. The van der Waals surface area contributed by atoms with Crippen LogP contribution in [0.4, 0.5) is 5.82 Å². The second kappa shape index (κ2) is 3.88. The van der Waals surface area contributed by atoms with Crippen molar-refractivity contribution in [1.29, 1.82) is 0 Å². The van der Waals surface area contributed by atoms with Crippen molar-refractivity contribution in [2.45, 2.75) is 26.2 Å². The zero-order valence-corrected chi connectivity index (χ0v) is 10.2. The molecule has 0 N–H and O–H groups in total. The number of aromatic nitrogens is 2. The third-order valence-corrected chi connectivity index (χ3v) is 4.04. The molecule has 3 rings (SSSR count). The van der Waals surface area contributed by atoms with Gasteiger partial charge >= 0.3 is 0 Å². The Balaban J connectivity index is 1.83. The van der Waals surface area contributed by atoms with Crippen LogP contribution in [0.1, 0.15) is 25.1 Å². The zero-order chi connectivity index (χ0) is 11.1. The summed E-state index contributed by atoms with van der Waals surface area (Å²) in [6.45, 7) is 4.20. The number of rotatable bonds is 1. The van der Waals surface area contributed by atoms with E-state index >= 15 is 0 Å². The number of fused-ring (bicyclic) bond motifs is 1. The molecule has 2 aliphatic rings. The van der Waals surface area contributed by atoms with Crippen molar-refractivity contribution in [3.8, 4) is 0 Å². The van der Waals surface area contributed by atoms with Crippen molar-refractivity contribution in [2.75, 3.05) is 18.0 Å². The van der Waals surface area contributed by atoms with Crippen LogP contribution >= 0.6 is 11.6 Å². The molecular weight excluding hydrogens is 222 g/mol. The van der Waals surface area contributed by atoms with Crippen LogP contribution in [-0.2, 0) is 0 Å². The van der Waals surface area contributed by atoms with Gasteiger partial charge in [-0.25, -0.2) is 9.97 Å². The lowest BCUT2D eigenvalue weighted by Gasteiger charge is -2.18. The van der Waals surface area contributed by atoms with E-state index in [0.717, 1.165) is 36.6 Å². The summed E-state index contributed by atoms with van der Waals surface area (Å²) in [5.41, 5.74) is 0. The fourth-order valence-electron chi connectivity index (χ4n) is 3.10. The number of hydrogen-bond donors (Lipinski definition) is 0. The minimum Gasteiger partial charge on any atom is -0.356 e. The van der Waals surface area contributed by atoms with Gasteiger partial charge in [0, 0.05) is 19.2 Å². The van der Waals surface area contributed by atoms with Crippen LogP contribution in [0.2, 0.25) is 5.15 Å². The van der Waals surface area contributed by atoms with E-state index in [4.69, 9.17) is 11.6 Å². The van der Waals surface area contributed by atoms with Crippen molar-refractivity contribution in [3.05, 3.63) is 17.0 Å². The van der Waals surface area contributed by atoms with Crippen LogP contribution in [-0.4, -0.2) is 23.1 Å². The molecule has 3 nitrogen and oxygen atoms in total. The Morgan fingerprint density at radius 3 is 2.56 bits per heavy atom. The van der Waals surface area contributed by atoms with Crippen molar-refractivity contribution >= 4 is 17.4 Å². The number of halogens is 1. The van der Waals surface area contributed by atoms with E-state index in [1.54, 1.807) is 0 Å². The third kappa shape index (κ3) is 1.77. The van der Waals surface area contributed by atoms with Crippen molar-refractivity contribution < 1.29 is 0 Å². The minimum absolute atomic E-state index is 0.555. The van der Waals surface area contributed by atoms with E-state index in [2.05, 4.69) is 14.9 Å². The summed E-state index contributed by atoms with van der Waals surface area (Å²) in [4.78, 5) is 10.9. The van der Waals surface area contributed by atoms with E-state index in [-0.39, 0.29) is 0 Å². The van der Waals surface area contributed by atoms with Crippen LogP contribution in [0.3, 0.4) is 0 Å². The highest BCUT2D eigenvalue weighted by atomic mass is 35.5. The fraction of sp³-hybridized carbons (Fsp3) is 0.667. The first-order valence-electron chi connectivity index (χ1n) is 5.98. The molecule has 2 atom stereocenters. The number of aryl methyl sites for hydroxylation is 1. The van der Waals surface area contributed by atoms with Gasteiger partial charge in [-0.2, -0.15) is 0 Å². The van der Waals surface area contributed by atoms with Crippen LogP contribution < -0.4 is 4.90 Å². The van der Waals surface area contributed by atoms with Crippen LogP contribution in [0.15, 0.2) is 6.07 Å². The first kappa shape index (κ1) is 10.3. The van der Waals surface area contributed by atoms with E-state index in [1.165, 1.54) is 19.3 Å². The summed E-state index contributed by atoms with van der Waals surface area (Å²) in [5.74, 6) is 3.54. The summed E-state index contributed by atoms with van der Waals surface area (Å²) in [6.07, 6.45) is 4.19. The standard InChI is InChI=1S/C12H16ClN3/c1-8-14-11(13)5-12(15-8)16-6-9-3-2-4-10(9)7-16/h5,9-10H,2-4,6-7H2,1H3/t9-,10+. The molecule has 0 radical (unpaired) electrons. The molecule has 0 aromatic carbocycles. The van der Waals surface area contributed by atoms with Crippen LogP contribution in [0.25, 0.3) is 0 Å². The minimum atomic E-state index is 0.555. The SMILES string of the molecule is Cc1nc(Cl)cc(N2C[C@H]3CCC[C@H]3C2)n1. The smallest absolute Gasteiger partial charge is 0.134 e. The highest BCUT2D eigenvalue weighted by Gasteiger charge is 2.36. The highest BCUT2D eigenvalue weighted by molar-refractivity contribution is 6.29. The molecule has 0 spiro atoms. The number of anilines is 1. The molecule has 0 bridgehead atoms. The molecule has 1 saturated carbocycles. The van der Waals surface area contributed by atoms with Crippen LogP contribution in [0, 0.1) is 18.8 Å². The average molecular weight is 238 g/mol. The molecular formula is C12H16ClN3. The molecule has 16 heavy (non-hydrogen) atoms. The molecule has 4 heteroatoms.